The molecule has 2 aromatic rings. The second-order valence-electron chi connectivity index (χ2n) is 7.07. The zero-order valence-electron chi connectivity index (χ0n) is 16.9. The molecule has 0 amide bonds. The van der Waals surface area contributed by atoms with Crippen molar-refractivity contribution < 1.29 is 9.90 Å². The second kappa shape index (κ2) is 10.7. The molecule has 0 spiro atoms. The highest BCUT2D eigenvalue weighted by Gasteiger charge is 2.19. The molecule has 0 atom stereocenters. The molecule has 0 aliphatic heterocycles. The highest BCUT2D eigenvalue weighted by Crippen LogP contribution is 2.33. The molecule has 2 heteroatoms. The summed E-state index contributed by atoms with van der Waals surface area (Å²) in [6.45, 7) is 6.51. The highest BCUT2D eigenvalue weighted by molar-refractivity contribution is 5.98. The molecule has 0 radical (unpaired) electrons. The Hall–Kier alpha value is -2.35. The SMILES string of the molecule is CCCCC(=Cc1ccccc1)c1c(C(=O)O)ccc(CCCC)c1CC. The number of benzene rings is 2. The summed E-state index contributed by atoms with van der Waals surface area (Å²) < 4.78 is 0. The number of hydrogen-bond donors (Lipinski definition) is 1. The topological polar surface area (TPSA) is 37.3 Å². The Labute approximate surface area is 163 Å². The molecule has 0 heterocycles. The number of unbranched alkanes of at least 4 members (excludes halogenated alkanes) is 2. The van der Waals surface area contributed by atoms with Crippen LogP contribution in [0.1, 0.15) is 85.5 Å². The average Bonchev–Trinajstić information content (AvgIpc) is 2.69. The van der Waals surface area contributed by atoms with Gasteiger partial charge in [-0.3, -0.25) is 0 Å². The van der Waals surface area contributed by atoms with Crippen LogP contribution in [0.25, 0.3) is 11.6 Å². The number of carboxylic acid groups (broad SMARTS) is 1. The van der Waals surface area contributed by atoms with Crippen LogP contribution in [0.2, 0.25) is 0 Å². The fourth-order valence-corrected chi connectivity index (χ4v) is 3.63. The zero-order chi connectivity index (χ0) is 19.6. The van der Waals surface area contributed by atoms with Crippen molar-refractivity contribution in [2.75, 3.05) is 0 Å². The molecular formula is C25H32O2. The fraction of sp³-hybridized carbons (Fsp3) is 0.400. The van der Waals surface area contributed by atoms with E-state index in [1.165, 1.54) is 11.1 Å². The maximum absolute atomic E-state index is 12.0. The summed E-state index contributed by atoms with van der Waals surface area (Å²) in [7, 11) is 0. The lowest BCUT2D eigenvalue weighted by molar-refractivity contribution is 0.0696. The predicted octanol–water partition coefficient (Wildman–Crippen LogP) is 7.02. The first kappa shape index (κ1) is 21.0. The van der Waals surface area contributed by atoms with Crippen molar-refractivity contribution in [2.24, 2.45) is 0 Å². The van der Waals surface area contributed by atoms with Crippen molar-refractivity contribution in [3.05, 3.63) is 70.3 Å². The van der Waals surface area contributed by atoms with Gasteiger partial charge in [0.1, 0.15) is 0 Å². The van der Waals surface area contributed by atoms with Crippen molar-refractivity contribution in [1.29, 1.82) is 0 Å². The van der Waals surface area contributed by atoms with Crippen LogP contribution in [0.3, 0.4) is 0 Å². The van der Waals surface area contributed by atoms with Gasteiger partial charge in [0.25, 0.3) is 0 Å². The molecular weight excluding hydrogens is 332 g/mol. The van der Waals surface area contributed by atoms with Gasteiger partial charge in [0, 0.05) is 0 Å². The third-order valence-electron chi connectivity index (χ3n) is 5.05. The first-order valence-electron chi connectivity index (χ1n) is 10.3. The van der Waals surface area contributed by atoms with E-state index in [1.807, 2.05) is 30.3 Å². The van der Waals surface area contributed by atoms with E-state index in [9.17, 15) is 9.90 Å². The van der Waals surface area contributed by atoms with Gasteiger partial charge >= 0.3 is 5.97 Å². The maximum atomic E-state index is 12.0. The second-order valence-corrected chi connectivity index (χ2v) is 7.07. The van der Waals surface area contributed by atoms with Gasteiger partial charge in [-0.2, -0.15) is 0 Å². The van der Waals surface area contributed by atoms with E-state index >= 15 is 0 Å². The lowest BCUT2D eigenvalue weighted by Crippen LogP contribution is -2.09. The Morgan fingerprint density at radius 2 is 1.67 bits per heavy atom. The van der Waals surface area contributed by atoms with Crippen LogP contribution >= 0.6 is 0 Å². The predicted molar refractivity (Wildman–Crippen MR) is 115 cm³/mol. The molecule has 0 unspecified atom stereocenters. The molecule has 0 bridgehead atoms. The van der Waals surface area contributed by atoms with Gasteiger partial charge in [-0.1, -0.05) is 76.1 Å². The van der Waals surface area contributed by atoms with Crippen LogP contribution < -0.4 is 0 Å². The normalized spacial score (nSPS) is 11.6. The number of aromatic carboxylic acids is 1. The van der Waals surface area contributed by atoms with E-state index in [2.05, 4.69) is 39.0 Å². The van der Waals surface area contributed by atoms with Gasteiger partial charge in [0.2, 0.25) is 0 Å². The first-order valence-corrected chi connectivity index (χ1v) is 10.3. The molecule has 2 nitrogen and oxygen atoms in total. The molecule has 2 rings (SSSR count). The fourth-order valence-electron chi connectivity index (χ4n) is 3.63. The summed E-state index contributed by atoms with van der Waals surface area (Å²) in [5.74, 6) is -0.836. The van der Waals surface area contributed by atoms with E-state index < -0.39 is 5.97 Å². The number of allylic oxidation sites excluding steroid dienone is 1. The lowest BCUT2D eigenvalue weighted by atomic mass is 9.85. The monoisotopic (exact) mass is 364 g/mol. The minimum atomic E-state index is -0.836. The maximum Gasteiger partial charge on any atom is 0.336 e. The quantitative estimate of drug-likeness (QED) is 0.460. The molecule has 144 valence electrons. The Balaban J connectivity index is 2.67. The highest BCUT2D eigenvalue weighted by atomic mass is 16.4. The van der Waals surface area contributed by atoms with E-state index in [1.54, 1.807) is 0 Å². The Morgan fingerprint density at radius 3 is 2.26 bits per heavy atom. The minimum absolute atomic E-state index is 0.436. The number of carbonyl (C=O) groups is 1. The lowest BCUT2D eigenvalue weighted by Gasteiger charge is -2.19. The van der Waals surface area contributed by atoms with Crippen LogP contribution in [-0.2, 0) is 12.8 Å². The van der Waals surface area contributed by atoms with E-state index in [-0.39, 0.29) is 0 Å². The smallest absolute Gasteiger partial charge is 0.336 e. The molecule has 0 aliphatic carbocycles. The van der Waals surface area contributed by atoms with Gasteiger partial charge in [-0.15, -0.1) is 0 Å². The van der Waals surface area contributed by atoms with Crippen molar-refractivity contribution in [3.63, 3.8) is 0 Å². The van der Waals surface area contributed by atoms with Crippen LogP contribution in [-0.4, -0.2) is 11.1 Å². The summed E-state index contributed by atoms with van der Waals surface area (Å²) >= 11 is 0. The number of rotatable bonds is 10. The van der Waals surface area contributed by atoms with Gasteiger partial charge in [0.15, 0.2) is 0 Å². The van der Waals surface area contributed by atoms with Crippen molar-refractivity contribution in [3.8, 4) is 0 Å². The third kappa shape index (κ3) is 5.56. The summed E-state index contributed by atoms with van der Waals surface area (Å²) in [4.78, 5) is 12.0. The molecule has 27 heavy (non-hydrogen) atoms. The van der Waals surface area contributed by atoms with E-state index in [0.29, 0.717) is 5.56 Å². The summed E-state index contributed by atoms with van der Waals surface area (Å²) in [5.41, 5.74) is 6.18. The van der Waals surface area contributed by atoms with Crippen LogP contribution in [0, 0.1) is 0 Å². The van der Waals surface area contributed by atoms with Gasteiger partial charge in [-0.05, 0) is 66.0 Å². The van der Waals surface area contributed by atoms with Gasteiger partial charge in [0.05, 0.1) is 5.56 Å². The molecule has 1 N–H and O–H groups in total. The molecule has 2 aromatic carbocycles. The van der Waals surface area contributed by atoms with E-state index in [4.69, 9.17) is 0 Å². The van der Waals surface area contributed by atoms with E-state index in [0.717, 1.165) is 61.6 Å². The number of aryl methyl sites for hydroxylation is 1. The molecule has 0 aliphatic rings. The number of carboxylic acids is 1. The number of hydrogen-bond acceptors (Lipinski definition) is 1. The first-order chi connectivity index (χ1) is 13.1. The molecule has 0 fully saturated rings. The summed E-state index contributed by atoms with van der Waals surface area (Å²) in [5, 5.41) is 9.87. The summed E-state index contributed by atoms with van der Waals surface area (Å²) in [6.07, 6.45) is 9.36. The third-order valence-corrected chi connectivity index (χ3v) is 5.05. The van der Waals surface area contributed by atoms with Crippen molar-refractivity contribution in [2.45, 2.75) is 65.7 Å². The van der Waals surface area contributed by atoms with Crippen molar-refractivity contribution >= 4 is 17.6 Å². The molecule has 0 saturated carbocycles. The van der Waals surface area contributed by atoms with Gasteiger partial charge < -0.3 is 5.11 Å². The zero-order valence-corrected chi connectivity index (χ0v) is 16.9. The molecule has 0 aromatic heterocycles. The summed E-state index contributed by atoms with van der Waals surface area (Å²) in [6, 6.07) is 14.1. The standard InChI is InChI=1S/C25H32O2/c1-4-7-14-20-16-17-23(25(26)27)24(22(20)6-3)21(15-8-5-2)18-19-12-10-9-11-13-19/h9-13,16-18H,4-8,14-15H2,1-3H3,(H,26,27). The molecule has 0 saturated heterocycles. The Kier molecular flexibility index (Phi) is 8.32. The largest absolute Gasteiger partial charge is 0.478 e. The Morgan fingerprint density at radius 1 is 0.963 bits per heavy atom. The van der Waals surface area contributed by atoms with Crippen LogP contribution in [0.4, 0.5) is 0 Å². The minimum Gasteiger partial charge on any atom is -0.478 e. The van der Waals surface area contributed by atoms with Crippen LogP contribution in [0.5, 0.6) is 0 Å². The van der Waals surface area contributed by atoms with Crippen LogP contribution in [0.15, 0.2) is 42.5 Å². The average molecular weight is 365 g/mol. The Bertz CT molecular complexity index is 772. The van der Waals surface area contributed by atoms with Crippen molar-refractivity contribution in [1.82, 2.24) is 0 Å². The van der Waals surface area contributed by atoms with Gasteiger partial charge in [-0.25, -0.2) is 4.79 Å².